The van der Waals surface area contributed by atoms with Gasteiger partial charge in [0.05, 0.1) is 24.2 Å². The van der Waals surface area contributed by atoms with E-state index in [-0.39, 0.29) is 36.6 Å². The Hall–Kier alpha value is -0.585. The molecule has 5 nitrogen and oxygen atoms in total. The molecule has 2 aliphatic rings. The standard InChI is InChI=1S/C19H35BO5/c1-13-18(5,6)10-8-15-19(13,7)25-20(24-15)11-9-14(21)12-16(22)23-17(2,3)4/h13-15,21H,8-12H2,1-7H3/t13-,14-,15+,19-/m0/s1. The van der Waals surface area contributed by atoms with Crippen LogP contribution in [0.15, 0.2) is 0 Å². The lowest BCUT2D eigenvalue weighted by molar-refractivity contribution is -0.157. The number of fused-ring (bicyclic) bond motifs is 1. The second-order valence-corrected chi connectivity index (χ2v) is 9.63. The third kappa shape index (κ3) is 4.98. The summed E-state index contributed by atoms with van der Waals surface area (Å²) in [5.41, 5.74) is -0.566. The molecule has 6 heteroatoms. The second kappa shape index (κ2) is 7.20. The van der Waals surface area contributed by atoms with E-state index in [1.54, 1.807) is 0 Å². The average molecular weight is 354 g/mol. The van der Waals surface area contributed by atoms with Crippen LogP contribution in [-0.4, -0.2) is 41.6 Å². The summed E-state index contributed by atoms with van der Waals surface area (Å²) in [7, 11) is -0.306. The molecule has 0 aromatic heterocycles. The molecule has 0 spiro atoms. The lowest BCUT2D eigenvalue weighted by Crippen LogP contribution is -2.52. The van der Waals surface area contributed by atoms with Crippen LogP contribution >= 0.6 is 0 Å². The van der Waals surface area contributed by atoms with Crippen LogP contribution in [0, 0.1) is 11.3 Å². The summed E-state index contributed by atoms with van der Waals surface area (Å²) in [5, 5.41) is 10.1. The second-order valence-electron chi connectivity index (χ2n) is 9.63. The molecule has 144 valence electrons. The highest BCUT2D eigenvalue weighted by Crippen LogP contribution is 2.51. The van der Waals surface area contributed by atoms with E-state index in [1.807, 2.05) is 20.8 Å². The summed E-state index contributed by atoms with van der Waals surface area (Å²) in [6.45, 7) is 14.4. The molecular weight excluding hydrogens is 319 g/mol. The third-order valence-electron chi connectivity index (χ3n) is 5.98. The van der Waals surface area contributed by atoms with Gasteiger partial charge < -0.3 is 19.2 Å². The smallest absolute Gasteiger partial charge is 0.457 e. The SMILES string of the molecule is C[C@H]1C(C)(C)CC[C@H]2OB(CC[C@H](O)CC(=O)OC(C)(C)C)O[C@]21C. The van der Waals surface area contributed by atoms with Crippen molar-refractivity contribution in [1.29, 1.82) is 0 Å². The number of carbonyl (C=O) groups excluding carboxylic acids is 1. The van der Waals surface area contributed by atoms with Crippen molar-refractivity contribution in [2.45, 2.75) is 104 Å². The molecule has 0 aromatic rings. The molecule has 1 aliphatic heterocycles. The van der Waals surface area contributed by atoms with E-state index < -0.39 is 11.7 Å². The van der Waals surface area contributed by atoms with Gasteiger partial charge in [0.15, 0.2) is 0 Å². The quantitative estimate of drug-likeness (QED) is 0.604. The predicted molar refractivity (Wildman–Crippen MR) is 98.2 cm³/mol. The topological polar surface area (TPSA) is 65.0 Å². The van der Waals surface area contributed by atoms with Crippen molar-refractivity contribution in [2.24, 2.45) is 11.3 Å². The van der Waals surface area contributed by atoms with Crippen LogP contribution in [0.3, 0.4) is 0 Å². The molecule has 2 rings (SSSR count). The molecule has 1 saturated heterocycles. The number of aliphatic hydroxyl groups excluding tert-OH is 1. The summed E-state index contributed by atoms with van der Waals surface area (Å²) < 4.78 is 17.7. The highest BCUT2D eigenvalue weighted by Gasteiger charge is 2.57. The predicted octanol–water partition coefficient (Wildman–Crippen LogP) is 3.59. The zero-order chi connectivity index (χ0) is 19.0. The molecule has 1 aliphatic carbocycles. The summed E-state index contributed by atoms with van der Waals surface area (Å²) in [4.78, 5) is 11.8. The van der Waals surface area contributed by atoms with Crippen LogP contribution in [0.4, 0.5) is 0 Å². The fourth-order valence-electron chi connectivity index (χ4n) is 4.07. The van der Waals surface area contributed by atoms with Crippen molar-refractivity contribution in [3.05, 3.63) is 0 Å². The average Bonchev–Trinajstić information content (AvgIpc) is 2.77. The minimum atomic E-state index is -0.730. The number of rotatable bonds is 5. The van der Waals surface area contributed by atoms with Crippen LogP contribution in [0.1, 0.15) is 74.1 Å². The lowest BCUT2D eigenvalue weighted by atomic mass is 9.61. The Labute approximate surface area is 152 Å². The minimum Gasteiger partial charge on any atom is -0.460 e. The van der Waals surface area contributed by atoms with Gasteiger partial charge in [0, 0.05) is 0 Å². The molecule has 0 aromatic carbocycles. The van der Waals surface area contributed by atoms with Crippen LogP contribution in [-0.2, 0) is 18.8 Å². The van der Waals surface area contributed by atoms with E-state index in [2.05, 4.69) is 27.7 Å². The van der Waals surface area contributed by atoms with Gasteiger partial charge in [-0.15, -0.1) is 0 Å². The minimum absolute atomic E-state index is 0.00806. The number of carbonyl (C=O) groups is 1. The summed E-state index contributed by atoms with van der Waals surface area (Å²) in [6, 6.07) is 0. The fourth-order valence-corrected chi connectivity index (χ4v) is 4.07. The Morgan fingerprint density at radius 2 is 2.00 bits per heavy atom. The third-order valence-corrected chi connectivity index (χ3v) is 5.98. The lowest BCUT2D eigenvalue weighted by Gasteiger charge is -2.49. The Kier molecular flexibility index (Phi) is 5.97. The molecule has 1 saturated carbocycles. The number of ether oxygens (including phenoxy) is 1. The summed E-state index contributed by atoms with van der Waals surface area (Å²) in [6.07, 6.45) is 2.58. The van der Waals surface area contributed by atoms with Gasteiger partial charge >= 0.3 is 13.1 Å². The molecule has 0 amide bonds. The Morgan fingerprint density at radius 1 is 1.36 bits per heavy atom. The summed E-state index contributed by atoms with van der Waals surface area (Å²) in [5.74, 6) is 0.0275. The van der Waals surface area contributed by atoms with Gasteiger partial charge in [-0.2, -0.15) is 0 Å². The normalized spacial score (nSPS) is 33.0. The largest absolute Gasteiger partial charge is 0.460 e. The first-order valence-electron chi connectivity index (χ1n) is 9.57. The number of aliphatic hydroxyl groups is 1. The zero-order valence-corrected chi connectivity index (χ0v) is 16.9. The first-order chi connectivity index (χ1) is 11.3. The molecule has 0 unspecified atom stereocenters. The fraction of sp³-hybridized carbons (Fsp3) is 0.947. The van der Waals surface area contributed by atoms with Crippen LogP contribution in [0.2, 0.25) is 6.32 Å². The molecule has 4 atom stereocenters. The van der Waals surface area contributed by atoms with E-state index >= 15 is 0 Å². The Bertz CT molecular complexity index is 487. The van der Waals surface area contributed by atoms with E-state index in [1.165, 1.54) is 0 Å². The maximum Gasteiger partial charge on any atom is 0.457 e. The van der Waals surface area contributed by atoms with Crippen LogP contribution in [0.25, 0.3) is 0 Å². The van der Waals surface area contributed by atoms with Gasteiger partial charge in [0.1, 0.15) is 5.60 Å². The van der Waals surface area contributed by atoms with Crippen molar-refractivity contribution in [3.63, 3.8) is 0 Å². The van der Waals surface area contributed by atoms with Gasteiger partial charge in [-0.1, -0.05) is 20.8 Å². The highest BCUT2D eigenvalue weighted by atomic mass is 16.7. The van der Waals surface area contributed by atoms with Crippen LogP contribution in [0.5, 0.6) is 0 Å². The summed E-state index contributed by atoms with van der Waals surface area (Å²) >= 11 is 0. The Balaban J connectivity index is 1.82. The van der Waals surface area contributed by atoms with Gasteiger partial charge in [0.25, 0.3) is 0 Å². The molecule has 25 heavy (non-hydrogen) atoms. The number of hydrogen-bond donors (Lipinski definition) is 1. The van der Waals surface area contributed by atoms with E-state index in [9.17, 15) is 9.90 Å². The van der Waals surface area contributed by atoms with Gasteiger partial charge in [-0.3, -0.25) is 4.79 Å². The van der Waals surface area contributed by atoms with Crippen molar-refractivity contribution >= 4 is 13.1 Å². The van der Waals surface area contributed by atoms with Crippen LogP contribution < -0.4 is 0 Å². The van der Waals surface area contributed by atoms with Crippen molar-refractivity contribution < 1.29 is 23.9 Å². The molecule has 1 N–H and O–H groups in total. The maximum absolute atomic E-state index is 11.8. The molecule has 0 bridgehead atoms. The molecule has 0 radical (unpaired) electrons. The van der Waals surface area contributed by atoms with Gasteiger partial charge in [-0.05, 0) is 64.6 Å². The first kappa shape index (κ1) is 20.7. The Morgan fingerprint density at radius 3 is 2.60 bits per heavy atom. The van der Waals surface area contributed by atoms with E-state index in [0.717, 1.165) is 12.8 Å². The molecule has 1 heterocycles. The monoisotopic (exact) mass is 354 g/mol. The van der Waals surface area contributed by atoms with Gasteiger partial charge in [0.2, 0.25) is 0 Å². The number of hydrogen-bond acceptors (Lipinski definition) is 5. The van der Waals surface area contributed by atoms with Crippen molar-refractivity contribution in [3.8, 4) is 0 Å². The maximum atomic E-state index is 11.8. The van der Waals surface area contributed by atoms with E-state index in [4.69, 9.17) is 14.0 Å². The number of esters is 1. The van der Waals surface area contributed by atoms with Crippen molar-refractivity contribution in [1.82, 2.24) is 0 Å². The van der Waals surface area contributed by atoms with Crippen molar-refractivity contribution in [2.75, 3.05) is 0 Å². The first-order valence-corrected chi connectivity index (χ1v) is 9.57. The zero-order valence-electron chi connectivity index (χ0n) is 16.9. The molecule has 2 fully saturated rings. The van der Waals surface area contributed by atoms with Gasteiger partial charge in [-0.25, -0.2) is 0 Å². The van der Waals surface area contributed by atoms with E-state index in [0.29, 0.717) is 18.7 Å². The highest BCUT2D eigenvalue weighted by molar-refractivity contribution is 6.45. The molecular formula is C19H35BO5.